The SMILES string of the molecule is C=CC(=O)N1CCN(c2ncnc(NCC)c2C(=O)c2ccc(Oc3ccccc3)cc2)CC1. The van der Waals surface area contributed by atoms with Crippen molar-refractivity contribution in [2.24, 2.45) is 0 Å². The van der Waals surface area contributed by atoms with Crippen LogP contribution in [0, 0.1) is 0 Å². The van der Waals surface area contributed by atoms with Crippen LogP contribution in [0.4, 0.5) is 11.6 Å². The molecule has 0 radical (unpaired) electrons. The van der Waals surface area contributed by atoms with Crippen molar-refractivity contribution in [3.63, 3.8) is 0 Å². The topological polar surface area (TPSA) is 87.7 Å². The van der Waals surface area contributed by atoms with Gasteiger partial charge in [0.2, 0.25) is 5.91 Å². The molecule has 1 amide bonds. The number of anilines is 2. The number of aromatic nitrogens is 2. The number of ether oxygens (including phenoxy) is 1. The van der Waals surface area contributed by atoms with Crippen molar-refractivity contribution in [2.75, 3.05) is 42.9 Å². The van der Waals surface area contributed by atoms with Gasteiger partial charge in [0, 0.05) is 38.3 Å². The van der Waals surface area contributed by atoms with Crippen molar-refractivity contribution in [3.05, 3.63) is 84.7 Å². The minimum atomic E-state index is -0.178. The fourth-order valence-electron chi connectivity index (χ4n) is 3.84. The third-order valence-electron chi connectivity index (χ3n) is 5.56. The Morgan fingerprint density at radius 2 is 1.68 bits per heavy atom. The van der Waals surface area contributed by atoms with Gasteiger partial charge in [-0.2, -0.15) is 0 Å². The van der Waals surface area contributed by atoms with Crippen LogP contribution in [-0.2, 0) is 4.79 Å². The molecular formula is C26H27N5O3. The Labute approximate surface area is 198 Å². The second kappa shape index (κ2) is 10.6. The lowest BCUT2D eigenvalue weighted by Crippen LogP contribution is -2.49. The van der Waals surface area contributed by atoms with E-state index in [1.807, 2.05) is 42.2 Å². The third kappa shape index (κ3) is 5.06. The number of benzene rings is 2. The molecule has 0 aliphatic carbocycles. The van der Waals surface area contributed by atoms with Crippen molar-refractivity contribution >= 4 is 23.3 Å². The maximum Gasteiger partial charge on any atom is 0.246 e. The van der Waals surface area contributed by atoms with E-state index in [-0.39, 0.29) is 11.7 Å². The zero-order chi connectivity index (χ0) is 23.9. The summed E-state index contributed by atoms with van der Waals surface area (Å²) in [5.41, 5.74) is 0.931. The van der Waals surface area contributed by atoms with Gasteiger partial charge in [-0.1, -0.05) is 24.8 Å². The Hall–Kier alpha value is -4.20. The number of hydrogen-bond donors (Lipinski definition) is 1. The predicted molar refractivity (Wildman–Crippen MR) is 132 cm³/mol. The Balaban J connectivity index is 1.59. The largest absolute Gasteiger partial charge is 0.457 e. The van der Waals surface area contributed by atoms with Gasteiger partial charge in [0.05, 0.1) is 0 Å². The minimum absolute atomic E-state index is 0.0928. The summed E-state index contributed by atoms with van der Waals surface area (Å²) in [5, 5.41) is 3.19. The van der Waals surface area contributed by atoms with E-state index < -0.39 is 0 Å². The van der Waals surface area contributed by atoms with E-state index in [1.54, 1.807) is 29.2 Å². The average Bonchev–Trinajstić information content (AvgIpc) is 2.89. The summed E-state index contributed by atoms with van der Waals surface area (Å²) >= 11 is 0. The molecule has 1 saturated heterocycles. The lowest BCUT2D eigenvalue weighted by atomic mass is 10.0. The van der Waals surface area contributed by atoms with Gasteiger partial charge < -0.3 is 19.9 Å². The van der Waals surface area contributed by atoms with Gasteiger partial charge >= 0.3 is 0 Å². The van der Waals surface area contributed by atoms with Crippen molar-refractivity contribution in [1.29, 1.82) is 0 Å². The summed E-state index contributed by atoms with van der Waals surface area (Å²) in [6.07, 6.45) is 2.78. The molecule has 1 aromatic heterocycles. The molecule has 1 fully saturated rings. The Kier molecular flexibility index (Phi) is 7.17. The first-order valence-electron chi connectivity index (χ1n) is 11.2. The number of nitrogens with one attached hydrogen (secondary N) is 1. The number of para-hydroxylation sites is 1. The summed E-state index contributed by atoms with van der Waals surface area (Å²) in [6, 6.07) is 16.5. The summed E-state index contributed by atoms with van der Waals surface area (Å²) in [6.45, 7) is 8.31. The van der Waals surface area contributed by atoms with Gasteiger partial charge in [0.1, 0.15) is 35.0 Å². The highest BCUT2D eigenvalue weighted by molar-refractivity contribution is 6.15. The summed E-state index contributed by atoms with van der Waals surface area (Å²) < 4.78 is 5.84. The molecule has 0 atom stereocenters. The fourth-order valence-corrected chi connectivity index (χ4v) is 3.84. The molecule has 3 aromatic rings. The molecule has 34 heavy (non-hydrogen) atoms. The Bertz CT molecular complexity index is 1160. The number of amides is 1. The second-order valence-corrected chi connectivity index (χ2v) is 7.74. The first kappa shape index (κ1) is 23.0. The van der Waals surface area contributed by atoms with E-state index >= 15 is 0 Å². The van der Waals surface area contributed by atoms with E-state index in [9.17, 15) is 9.59 Å². The van der Waals surface area contributed by atoms with Crippen LogP contribution in [-0.4, -0.2) is 59.3 Å². The highest BCUT2D eigenvalue weighted by Gasteiger charge is 2.27. The molecule has 2 heterocycles. The Morgan fingerprint density at radius 3 is 2.32 bits per heavy atom. The maximum absolute atomic E-state index is 13.6. The molecule has 0 spiro atoms. The zero-order valence-corrected chi connectivity index (χ0v) is 19.1. The number of nitrogens with zero attached hydrogens (tertiary/aromatic N) is 4. The maximum atomic E-state index is 13.6. The van der Waals surface area contributed by atoms with E-state index in [1.165, 1.54) is 12.4 Å². The van der Waals surface area contributed by atoms with Crippen molar-refractivity contribution in [1.82, 2.24) is 14.9 Å². The van der Waals surface area contributed by atoms with Crippen LogP contribution in [0.1, 0.15) is 22.8 Å². The van der Waals surface area contributed by atoms with Crippen LogP contribution in [0.25, 0.3) is 0 Å². The number of piperazine rings is 1. The number of carbonyl (C=O) groups excluding carboxylic acids is 2. The van der Waals surface area contributed by atoms with Crippen molar-refractivity contribution < 1.29 is 14.3 Å². The monoisotopic (exact) mass is 457 g/mol. The molecule has 0 unspecified atom stereocenters. The standard InChI is InChI=1S/C26H27N5O3/c1-3-22(32)30-14-16-31(17-15-30)26-23(25(27-4-2)28-18-29-26)24(33)19-10-12-21(13-11-19)34-20-8-6-5-7-9-20/h3,5-13,18H,1,4,14-17H2,2H3,(H,27,28,29). The molecule has 8 nitrogen and oxygen atoms in total. The minimum Gasteiger partial charge on any atom is -0.457 e. The normalized spacial score (nSPS) is 13.3. The van der Waals surface area contributed by atoms with E-state index in [4.69, 9.17) is 4.74 Å². The van der Waals surface area contributed by atoms with Crippen LogP contribution < -0.4 is 15.0 Å². The van der Waals surface area contributed by atoms with Crippen molar-refractivity contribution in [2.45, 2.75) is 6.92 Å². The van der Waals surface area contributed by atoms with Crippen LogP contribution in [0.2, 0.25) is 0 Å². The molecule has 1 aliphatic heterocycles. The third-order valence-corrected chi connectivity index (χ3v) is 5.56. The molecule has 1 aliphatic rings. The van der Waals surface area contributed by atoms with Crippen LogP contribution in [0.5, 0.6) is 11.5 Å². The number of rotatable bonds is 8. The lowest BCUT2D eigenvalue weighted by molar-refractivity contribution is -0.126. The Morgan fingerprint density at radius 1 is 1.00 bits per heavy atom. The quantitative estimate of drug-likeness (QED) is 0.407. The molecular weight excluding hydrogens is 430 g/mol. The number of carbonyl (C=O) groups is 2. The van der Waals surface area contributed by atoms with Gasteiger partial charge in [-0.25, -0.2) is 9.97 Å². The van der Waals surface area contributed by atoms with Crippen molar-refractivity contribution in [3.8, 4) is 11.5 Å². The molecule has 2 aromatic carbocycles. The smallest absolute Gasteiger partial charge is 0.246 e. The molecule has 1 N–H and O–H groups in total. The van der Waals surface area contributed by atoms with E-state index in [0.717, 1.165) is 5.75 Å². The first-order chi connectivity index (χ1) is 16.6. The molecule has 8 heteroatoms. The summed E-state index contributed by atoms with van der Waals surface area (Å²) in [7, 11) is 0. The lowest BCUT2D eigenvalue weighted by Gasteiger charge is -2.35. The molecule has 174 valence electrons. The molecule has 4 rings (SSSR count). The second-order valence-electron chi connectivity index (χ2n) is 7.74. The number of hydrogen-bond acceptors (Lipinski definition) is 7. The van der Waals surface area contributed by atoms with Gasteiger partial charge in [0.15, 0.2) is 5.78 Å². The van der Waals surface area contributed by atoms with Crippen LogP contribution in [0.3, 0.4) is 0 Å². The highest BCUT2D eigenvalue weighted by atomic mass is 16.5. The highest BCUT2D eigenvalue weighted by Crippen LogP contribution is 2.29. The number of ketones is 1. The van der Waals surface area contributed by atoms with E-state index in [0.29, 0.717) is 61.2 Å². The first-order valence-corrected chi connectivity index (χ1v) is 11.2. The average molecular weight is 458 g/mol. The van der Waals surface area contributed by atoms with Crippen LogP contribution >= 0.6 is 0 Å². The van der Waals surface area contributed by atoms with Crippen LogP contribution in [0.15, 0.2) is 73.6 Å². The summed E-state index contributed by atoms with van der Waals surface area (Å²) in [5.74, 6) is 2.15. The van der Waals surface area contributed by atoms with Gasteiger partial charge in [0.25, 0.3) is 0 Å². The molecule has 0 saturated carbocycles. The van der Waals surface area contributed by atoms with Gasteiger partial charge in [-0.3, -0.25) is 9.59 Å². The molecule has 0 bridgehead atoms. The van der Waals surface area contributed by atoms with Gasteiger partial charge in [-0.05, 0) is 49.4 Å². The predicted octanol–water partition coefficient (Wildman–Crippen LogP) is 3.77. The zero-order valence-electron chi connectivity index (χ0n) is 19.1. The fraction of sp³-hybridized carbons (Fsp3) is 0.231. The van der Waals surface area contributed by atoms with E-state index in [2.05, 4.69) is 21.9 Å². The van der Waals surface area contributed by atoms with Gasteiger partial charge in [-0.15, -0.1) is 0 Å². The summed E-state index contributed by atoms with van der Waals surface area (Å²) in [4.78, 5) is 38.1.